The van der Waals surface area contributed by atoms with Crippen molar-refractivity contribution in [3.05, 3.63) is 186 Å². The summed E-state index contributed by atoms with van der Waals surface area (Å²) in [6, 6.07) is 61.0. The van der Waals surface area contributed by atoms with Gasteiger partial charge >= 0.3 is 0 Å². The summed E-state index contributed by atoms with van der Waals surface area (Å²) in [5, 5.41) is 0. The van der Waals surface area contributed by atoms with Gasteiger partial charge in [-0.25, -0.2) is 0 Å². The Balaban J connectivity index is 1.40. The van der Waals surface area contributed by atoms with Crippen molar-refractivity contribution in [2.45, 2.75) is 70.6 Å². The number of nitrogens with zero attached hydrogens (tertiary/aromatic N) is 1. The molecule has 1 nitrogen and oxygen atoms in total. The molecule has 7 aromatic rings. The molecule has 0 aliphatic heterocycles. The van der Waals surface area contributed by atoms with Crippen molar-refractivity contribution in [3.63, 3.8) is 0 Å². The zero-order valence-electron chi connectivity index (χ0n) is 32.4. The third kappa shape index (κ3) is 5.61. The lowest BCUT2D eigenvalue weighted by Gasteiger charge is -2.43. The van der Waals surface area contributed by atoms with Gasteiger partial charge in [0.25, 0.3) is 0 Å². The molecular formula is C53H49N. The first-order chi connectivity index (χ1) is 26.0. The maximum Gasteiger partial charge on any atom is 0.0543 e. The molecule has 0 bridgehead atoms. The molecule has 54 heavy (non-hydrogen) atoms. The second kappa shape index (κ2) is 12.7. The summed E-state index contributed by atoms with van der Waals surface area (Å²) >= 11 is 0. The largest absolute Gasteiger partial charge is 0.310 e. The average molecular weight is 700 g/mol. The molecule has 0 saturated carbocycles. The van der Waals surface area contributed by atoms with Crippen LogP contribution in [0, 0.1) is 0 Å². The van der Waals surface area contributed by atoms with E-state index in [9.17, 15) is 0 Å². The fourth-order valence-corrected chi connectivity index (χ4v) is 9.43. The molecule has 0 N–H and O–H groups in total. The van der Waals surface area contributed by atoms with Crippen LogP contribution in [-0.4, -0.2) is 0 Å². The maximum absolute atomic E-state index is 2.54. The monoisotopic (exact) mass is 699 g/mol. The lowest BCUT2D eigenvalue weighted by Crippen LogP contribution is -2.34. The van der Waals surface area contributed by atoms with Crippen molar-refractivity contribution in [1.82, 2.24) is 0 Å². The van der Waals surface area contributed by atoms with Gasteiger partial charge in [0.15, 0.2) is 0 Å². The molecule has 0 atom stereocenters. The molecule has 0 amide bonds. The Hall–Kier alpha value is -5.66. The van der Waals surface area contributed by atoms with Gasteiger partial charge in [0.05, 0.1) is 5.69 Å². The highest BCUT2D eigenvalue weighted by Crippen LogP contribution is 2.56. The van der Waals surface area contributed by atoms with Gasteiger partial charge in [-0.2, -0.15) is 0 Å². The van der Waals surface area contributed by atoms with E-state index in [-0.39, 0.29) is 16.2 Å². The van der Waals surface area contributed by atoms with Gasteiger partial charge < -0.3 is 4.90 Å². The minimum absolute atomic E-state index is 0.0280. The molecule has 0 saturated heterocycles. The fourth-order valence-electron chi connectivity index (χ4n) is 9.43. The van der Waals surface area contributed by atoms with Crippen LogP contribution in [-0.2, 0) is 16.2 Å². The molecule has 9 rings (SSSR count). The molecule has 266 valence electrons. The Kier molecular flexibility index (Phi) is 8.05. The van der Waals surface area contributed by atoms with Gasteiger partial charge in [-0.05, 0) is 127 Å². The molecule has 0 spiro atoms. The molecule has 2 aliphatic carbocycles. The van der Waals surface area contributed by atoms with Gasteiger partial charge in [-0.1, -0.05) is 163 Å². The number of hydrogen-bond acceptors (Lipinski definition) is 1. The first-order valence-electron chi connectivity index (χ1n) is 19.6. The molecule has 2 aliphatic rings. The third-order valence-corrected chi connectivity index (χ3v) is 12.5. The second-order valence-corrected chi connectivity index (χ2v) is 17.3. The topological polar surface area (TPSA) is 3.24 Å². The summed E-state index contributed by atoms with van der Waals surface area (Å²) in [4.78, 5) is 2.54. The van der Waals surface area contributed by atoms with Crippen molar-refractivity contribution < 1.29 is 0 Å². The fraction of sp³-hybridized carbons (Fsp3) is 0.208. The van der Waals surface area contributed by atoms with E-state index in [0.29, 0.717) is 0 Å². The molecule has 0 aromatic heterocycles. The van der Waals surface area contributed by atoms with Crippen LogP contribution in [0.5, 0.6) is 0 Å². The van der Waals surface area contributed by atoms with E-state index in [0.717, 1.165) is 17.8 Å². The van der Waals surface area contributed by atoms with Crippen molar-refractivity contribution in [1.29, 1.82) is 0 Å². The van der Waals surface area contributed by atoms with Crippen LogP contribution in [0.25, 0.3) is 44.5 Å². The van der Waals surface area contributed by atoms with Crippen LogP contribution in [0.2, 0.25) is 0 Å². The molecule has 0 unspecified atom stereocenters. The number of fused-ring (bicyclic) bond motifs is 4. The molecule has 7 aromatic carbocycles. The highest BCUT2D eigenvalue weighted by Gasteiger charge is 2.41. The first kappa shape index (κ1) is 34.1. The highest BCUT2D eigenvalue weighted by molar-refractivity contribution is 5.97. The molecule has 0 radical (unpaired) electrons. The van der Waals surface area contributed by atoms with E-state index in [1.807, 2.05) is 0 Å². The number of hydrogen-bond donors (Lipinski definition) is 0. The normalized spacial score (nSPS) is 15.9. The Bertz CT molecular complexity index is 2450. The van der Waals surface area contributed by atoms with Crippen LogP contribution in [0.4, 0.5) is 17.1 Å². The SMILES string of the molecule is CC1(C)CCC(C)(C)c2c(-c3cc4c(cc3N(c3ccccc3)c3cc(-c5ccccc5)cc(-c5ccccc5)c3)C(C)(C)c3ccccc3-4)cccc21. The number of anilines is 3. The van der Waals surface area contributed by atoms with E-state index in [1.54, 1.807) is 0 Å². The quantitative estimate of drug-likeness (QED) is 0.167. The van der Waals surface area contributed by atoms with Crippen LogP contribution >= 0.6 is 0 Å². The lowest BCUT2D eigenvalue weighted by molar-refractivity contribution is 0.333. The summed E-state index contributed by atoms with van der Waals surface area (Å²) in [7, 11) is 0. The Morgan fingerprint density at radius 3 is 1.56 bits per heavy atom. The van der Waals surface area contributed by atoms with Crippen molar-refractivity contribution >= 4 is 17.1 Å². The second-order valence-electron chi connectivity index (χ2n) is 17.3. The Morgan fingerprint density at radius 2 is 0.907 bits per heavy atom. The smallest absolute Gasteiger partial charge is 0.0543 e. The Morgan fingerprint density at radius 1 is 0.370 bits per heavy atom. The van der Waals surface area contributed by atoms with E-state index in [1.165, 1.54) is 78.9 Å². The number of para-hydroxylation sites is 1. The molecule has 1 heteroatoms. The zero-order chi connectivity index (χ0) is 37.2. The number of benzene rings is 7. The van der Waals surface area contributed by atoms with E-state index < -0.39 is 0 Å². The standard InChI is InChI=1S/C53H49N/c1-51(2)29-30-52(3,4)50-43(26-18-28-47(50)51)45-34-44-42-25-16-17-27-46(42)53(5,6)48(44)35-49(45)54(40-23-14-9-15-24-40)41-32-38(36-19-10-7-11-20-36)31-39(33-41)37-21-12-8-13-22-37/h7-28,31-35H,29-30H2,1-6H3. The summed E-state index contributed by atoms with van der Waals surface area (Å²) in [6.45, 7) is 14.6. The van der Waals surface area contributed by atoms with Gasteiger partial charge in [-0.3, -0.25) is 0 Å². The van der Waals surface area contributed by atoms with Crippen LogP contribution in [0.1, 0.15) is 76.6 Å². The third-order valence-electron chi connectivity index (χ3n) is 12.5. The van der Waals surface area contributed by atoms with Crippen LogP contribution in [0.3, 0.4) is 0 Å². The van der Waals surface area contributed by atoms with Gasteiger partial charge in [-0.15, -0.1) is 0 Å². The predicted octanol–water partition coefficient (Wildman–Crippen LogP) is 14.8. The minimum atomic E-state index is -0.153. The highest BCUT2D eigenvalue weighted by atomic mass is 15.1. The van der Waals surface area contributed by atoms with E-state index in [4.69, 9.17) is 0 Å². The van der Waals surface area contributed by atoms with Crippen LogP contribution < -0.4 is 4.90 Å². The van der Waals surface area contributed by atoms with Crippen molar-refractivity contribution in [3.8, 4) is 44.5 Å². The van der Waals surface area contributed by atoms with Gasteiger partial charge in [0, 0.05) is 22.4 Å². The summed E-state index contributed by atoms with van der Waals surface area (Å²) in [5.74, 6) is 0. The van der Waals surface area contributed by atoms with Gasteiger partial charge in [0.2, 0.25) is 0 Å². The number of rotatable bonds is 6. The first-order valence-corrected chi connectivity index (χ1v) is 19.6. The average Bonchev–Trinajstić information content (AvgIpc) is 3.42. The predicted molar refractivity (Wildman–Crippen MR) is 230 cm³/mol. The van der Waals surface area contributed by atoms with E-state index in [2.05, 4.69) is 210 Å². The molecule has 0 fully saturated rings. The summed E-state index contributed by atoms with van der Waals surface area (Å²) < 4.78 is 0. The van der Waals surface area contributed by atoms with Gasteiger partial charge in [0.1, 0.15) is 0 Å². The molecular weight excluding hydrogens is 651 g/mol. The Labute approximate surface area is 322 Å². The lowest BCUT2D eigenvalue weighted by atomic mass is 9.61. The van der Waals surface area contributed by atoms with E-state index >= 15 is 0 Å². The molecule has 0 heterocycles. The summed E-state index contributed by atoms with van der Waals surface area (Å²) in [5.41, 5.74) is 19.3. The van der Waals surface area contributed by atoms with Crippen LogP contribution in [0.15, 0.2) is 164 Å². The van der Waals surface area contributed by atoms with Crippen molar-refractivity contribution in [2.75, 3.05) is 4.90 Å². The summed E-state index contributed by atoms with van der Waals surface area (Å²) in [6.07, 6.45) is 2.34. The minimum Gasteiger partial charge on any atom is -0.310 e. The van der Waals surface area contributed by atoms with Crippen molar-refractivity contribution in [2.24, 2.45) is 0 Å². The zero-order valence-corrected chi connectivity index (χ0v) is 32.4. The maximum atomic E-state index is 2.54.